The molecule has 0 N–H and O–H groups in total. The van der Waals surface area contributed by atoms with Crippen molar-refractivity contribution in [1.29, 1.82) is 0 Å². The molecule has 136 valence electrons. The largest absolute Gasteiger partial charge is 0.531 e. The number of benzene rings is 1. The average molecular weight is 377 g/mol. The minimum absolute atomic E-state index is 0.388. The second kappa shape index (κ2) is 8.12. The van der Waals surface area contributed by atoms with Gasteiger partial charge >= 0.3 is 6.01 Å². The zero-order chi connectivity index (χ0) is 18.5. The summed E-state index contributed by atoms with van der Waals surface area (Å²) >= 11 is 0. The first-order chi connectivity index (χ1) is 11.6. The van der Waals surface area contributed by atoms with Gasteiger partial charge in [0.15, 0.2) is 0 Å². The molecule has 0 bridgehead atoms. The lowest BCUT2D eigenvalue weighted by atomic mass is 10.2. The fourth-order valence-corrected chi connectivity index (χ4v) is 3.43. The minimum Gasteiger partial charge on any atom is -0.531 e. The number of hydrogen-bond donors (Lipinski definition) is 0. The highest BCUT2D eigenvalue weighted by atomic mass is 28.4. The molecule has 1 aromatic heterocycles. The van der Waals surface area contributed by atoms with Crippen molar-refractivity contribution in [3.05, 3.63) is 47.7 Å². The van der Waals surface area contributed by atoms with Crippen LogP contribution in [0.1, 0.15) is 11.1 Å². The van der Waals surface area contributed by atoms with Crippen LogP contribution in [0.25, 0.3) is 0 Å². The first-order valence-electron chi connectivity index (χ1n) is 8.48. The van der Waals surface area contributed by atoms with E-state index in [2.05, 4.69) is 49.3 Å². The second-order valence-corrected chi connectivity index (χ2v) is 16.7. The van der Waals surface area contributed by atoms with Crippen molar-refractivity contribution in [3.8, 4) is 11.9 Å². The molecule has 0 spiro atoms. The molecule has 2 aromatic rings. The molecule has 0 atom stereocenters. The third-order valence-electron chi connectivity index (χ3n) is 2.97. The molecule has 0 aliphatic rings. The van der Waals surface area contributed by atoms with E-state index in [4.69, 9.17) is 13.6 Å². The molecular weight excluding hydrogens is 348 g/mol. The van der Waals surface area contributed by atoms with Crippen LogP contribution in [0.2, 0.25) is 39.3 Å². The predicted molar refractivity (Wildman–Crippen MR) is 105 cm³/mol. The van der Waals surface area contributed by atoms with Gasteiger partial charge in [-0.25, -0.2) is 4.98 Å². The molecule has 7 heteroatoms. The Balaban J connectivity index is 2.11. The van der Waals surface area contributed by atoms with Crippen LogP contribution < -0.4 is 8.85 Å². The topological polar surface area (TPSA) is 53.5 Å². The third-order valence-corrected chi connectivity index (χ3v) is 4.57. The van der Waals surface area contributed by atoms with Crippen LogP contribution in [0, 0.1) is 0 Å². The van der Waals surface area contributed by atoms with E-state index in [-0.39, 0.29) is 0 Å². The Morgan fingerprint density at radius 2 is 1.48 bits per heavy atom. The van der Waals surface area contributed by atoms with Crippen molar-refractivity contribution in [2.75, 3.05) is 0 Å². The summed E-state index contributed by atoms with van der Waals surface area (Å²) in [5.74, 6) is 0.579. The van der Waals surface area contributed by atoms with Crippen molar-refractivity contribution in [2.24, 2.45) is 0 Å². The molecule has 1 heterocycles. The summed E-state index contributed by atoms with van der Waals surface area (Å²) < 4.78 is 17.9. The zero-order valence-electron chi connectivity index (χ0n) is 16.0. The Morgan fingerprint density at radius 1 is 0.840 bits per heavy atom. The van der Waals surface area contributed by atoms with E-state index in [1.165, 1.54) is 0 Å². The highest BCUT2D eigenvalue weighted by molar-refractivity contribution is 6.70. The van der Waals surface area contributed by atoms with Crippen molar-refractivity contribution in [2.45, 2.75) is 52.5 Å². The Bertz CT molecular complexity index is 683. The van der Waals surface area contributed by atoms with Gasteiger partial charge in [-0.3, -0.25) is 0 Å². The average Bonchev–Trinajstić information content (AvgIpc) is 2.47. The number of rotatable bonds is 8. The Hall–Kier alpha value is -1.71. The summed E-state index contributed by atoms with van der Waals surface area (Å²) in [6.07, 6.45) is 1.75. The summed E-state index contributed by atoms with van der Waals surface area (Å²) in [6.45, 7) is 13.6. The van der Waals surface area contributed by atoms with E-state index in [1.54, 1.807) is 6.20 Å². The molecule has 0 fully saturated rings. The lowest BCUT2D eigenvalue weighted by Crippen LogP contribution is -2.32. The van der Waals surface area contributed by atoms with Gasteiger partial charge < -0.3 is 13.6 Å². The van der Waals surface area contributed by atoms with E-state index < -0.39 is 16.6 Å². The van der Waals surface area contributed by atoms with Gasteiger partial charge in [0.05, 0.1) is 18.8 Å². The molecule has 2 rings (SSSR count). The van der Waals surface area contributed by atoms with Crippen molar-refractivity contribution >= 4 is 16.6 Å². The van der Waals surface area contributed by atoms with Crippen molar-refractivity contribution in [3.63, 3.8) is 0 Å². The molecular formula is C18H28N2O3Si2. The second-order valence-electron chi connectivity index (χ2n) is 7.89. The number of ether oxygens (including phenoxy) is 1. The van der Waals surface area contributed by atoms with Gasteiger partial charge in [0.1, 0.15) is 0 Å². The summed E-state index contributed by atoms with van der Waals surface area (Å²) in [5.41, 5.74) is 1.98. The van der Waals surface area contributed by atoms with E-state index in [0.29, 0.717) is 25.1 Å². The fourth-order valence-electron chi connectivity index (χ4n) is 2.03. The highest BCUT2D eigenvalue weighted by Gasteiger charge is 2.23. The fraction of sp³-hybridized carbons (Fsp3) is 0.444. The molecule has 0 saturated heterocycles. The maximum absolute atomic E-state index is 6.13. The predicted octanol–water partition coefficient (Wildman–Crippen LogP) is 4.62. The standard InChI is InChI=1S/C18H28N2O3Si2/c1-24(2,3)22-17-16(12-19-18(20-17)23-25(4,5)6)14-21-13-15-10-8-7-9-11-15/h7-12H,13-14H2,1-6H3. The van der Waals surface area contributed by atoms with Crippen LogP contribution in [0.3, 0.4) is 0 Å². The molecule has 0 radical (unpaired) electrons. The van der Waals surface area contributed by atoms with Gasteiger partial charge in [0, 0.05) is 6.20 Å². The maximum atomic E-state index is 6.13. The SMILES string of the molecule is C[Si](C)(C)Oc1ncc(COCc2ccccc2)c(O[Si](C)(C)C)n1. The quantitative estimate of drug-likeness (QED) is 0.629. The lowest BCUT2D eigenvalue weighted by molar-refractivity contribution is 0.105. The molecule has 0 unspecified atom stereocenters. The Labute approximate surface area is 152 Å². The Morgan fingerprint density at radius 3 is 2.08 bits per heavy atom. The van der Waals surface area contributed by atoms with Gasteiger partial charge in [-0.1, -0.05) is 30.3 Å². The van der Waals surface area contributed by atoms with Crippen LogP contribution in [0.4, 0.5) is 0 Å². The van der Waals surface area contributed by atoms with Crippen LogP contribution in [0.15, 0.2) is 36.5 Å². The van der Waals surface area contributed by atoms with Crippen LogP contribution in [-0.2, 0) is 18.0 Å². The van der Waals surface area contributed by atoms with E-state index in [9.17, 15) is 0 Å². The zero-order valence-corrected chi connectivity index (χ0v) is 18.0. The van der Waals surface area contributed by atoms with Gasteiger partial charge in [-0.05, 0) is 44.8 Å². The van der Waals surface area contributed by atoms with Crippen LogP contribution >= 0.6 is 0 Å². The van der Waals surface area contributed by atoms with Gasteiger partial charge in [0.2, 0.25) is 22.5 Å². The molecule has 5 nitrogen and oxygen atoms in total. The van der Waals surface area contributed by atoms with Gasteiger partial charge in [-0.15, -0.1) is 0 Å². The van der Waals surface area contributed by atoms with Crippen LogP contribution in [-0.4, -0.2) is 26.6 Å². The summed E-state index contributed by atoms with van der Waals surface area (Å²) in [7, 11) is -3.57. The summed E-state index contributed by atoms with van der Waals surface area (Å²) in [5, 5.41) is 0. The lowest BCUT2D eigenvalue weighted by Gasteiger charge is -2.22. The Kier molecular flexibility index (Phi) is 6.37. The van der Waals surface area contributed by atoms with Crippen molar-refractivity contribution in [1.82, 2.24) is 9.97 Å². The number of nitrogens with zero attached hydrogens (tertiary/aromatic N) is 2. The van der Waals surface area contributed by atoms with E-state index in [0.717, 1.165) is 11.1 Å². The normalized spacial score (nSPS) is 12.1. The minimum atomic E-state index is -1.80. The first kappa shape index (κ1) is 19.6. The van der Waals surface area contributed by atoms with E-state index in [1.807, 2.05) is 30.3 Å². The molecule has 0 saturated carbocycles. The first-order valence-corrected chi connectivity index (χ1v) is 15.3. The molecule has 0 aliphatic carbocycles. The highest BCUT2D eigenvalue weighted by Crippen LogP contribution is 2.23. The summed E-state index contributed by atoms with van der Waals surface area (Å²) in [4.78, 5) is 8.84. The monoisotopic (exact) mass is 376 g/mol. The number of aromatic nitrogens is 2. The van der Waals surface area contributed by atoms with Gasteiger partial charge in [0.25, 0.3) is 0 Å². The van der Waals surface area contributed by atoms with E-state index >= 15 is 0 Å². The maximum Gasteiger partial charge on any atom is 0.305 e. The molecule has 0 amide bonds. The molecule has 0 aliphatic heterocycles. The van der Waals surface area contributed by atoms with Crippen molar-refractivity contribution < 1.29 is 13.6 Å². The molecule has 1 aromatic carbocycles. The van der Waals surface area contributed by atoms with Gasteiger partial charge in [-0.2, -0.15) is 4.98 Å². The van der Waals surface area contributed by atoms with Crippen LogP contribution in [0.5, 0.6) is 11.9 Å². The summed E-state index contributed by atoms with van der Waals surface area (Å²) in [6, 6.07) is 10.5. The smallest absolute Gasteiger partial charge is 0.305 e. The molecule has 25 heavy (non-hydrogen) atoms. The third kappa shape index (κ3) is 7.37. The number of hydrogen-bond acceptors (Lipinski definition) is 5.